The zero-order valence-corrected chi connectivity index (χ0v) is 18.8. The molecule has 2 saturated carbocycles. The molecule has 0 spiro atoms. The standard InChI is InChI=1S/C21H38O3Si/c1-17(2,3)25(8,9)23-16-11-12-19(6)15(18(16,4)5)10-13-20(7)21(19,14-22)24-20/h14-16H,10-13H2,1-9H3/t15-,16-,19-,20+,21-/m0/s1. The van der Waals surface area contributed by atoms with Crippen molar-refractivity contribution >= 4 is 14.6 Å². The summed E-state index contributed by atoms with van der Waals surface area (Å²) in [7, 11) is -1.81. The van der Waals surface area contributed by atoms with E-state index >= 15 is 0 Å². The third-order valence-corrected chi connectivity index (χ3v) is 13.2. The van der Waals surface area contributed by atoms with E-state index in [-0.39, 0.29) is 27.6 Å². The molecule has 0 N–H and O–H groups in total. The minimum atomic E-state index is -1.81. The molecule has 25 heavy (non-hydrogen) atoms. The van der Waals surface area contributed by atoms with Gasteiger partial charge in [-0.05, 0) is 62.1 Å². The molecular weight excluding hydrogens is 328 g/mol. The predicted molar refractivity (Wildman–Crippen MR) is 104 cm³/mol. The van der Waals surface area contributed by atoms with Crippen LogP contribution in [0.3, 0.4) is 0 Å². The quantitative estimate of drug-likeness (QED) is 0.384. The Kier molecular flexibility index (Phi) is 4.07. The third kappa shape index (κ3) is 2.39. The average molecular weight is 367 g/mol. The van der Waals surface area contributed by atoms with E-state index in [0.717, 1.165) is 32.0 Å². The van der Waals surface area contributed by atoms with E-state index in [4.69, 9.17) is 9.16 Å². The monoisotopic (exact) mass is 366 g/mol. The molecule has 0 radical (unpaired) electrons. The zero-order chi connectivity index (χ0) is 19.1. The second-order valence-electron chi connectivity index (χ2n) is 11.4. The highest BCUT2D eigenvalue weighted by atomic mass is 28.4. The van der Waals surface area contributed by atoms with Gasteiger partial charge in [-0.1, -0.05) is 41.5 Å². The van der Waals surface area contributed by atoms with Gasteiger partial charge in [0.25, 0.3) is 0 Å². The summed E-state index contributed by atoms with van der Waals surface area (Å²) in [5, 5.41) is 0.221. The molecule has 2 aliphatic carbocycles. The Balaban J connectivity index is 1.90. The van der Waals surface area contributed by atoms with Crippen LogP contribution in [0, 0.1) is 16.7 Å². The number of carbonyl (C=O) groups is 1. The summed E-state index contributed by atoms with van der Waals surface area (Å²) in [5.41, 5.74) is -0.810. The Hall–Kier alpha value is -0.193. The molecule has 1 aliphatic heterocycles. The first kappa shape index (κ1) is 19.6. The Morgan fingerprint density at radius 3 is 2.20 bits per heavy atom. The summed E-state index contributed by atoms with van der Waals surface area (Å²) < 4.78 is 13.1. The number of rotatable bonds is 3. The third-order valence-electron chi connectivity index (χ3n) is 8.72. The van der Waals surface area contributed by atoms with Gasteiger partial charge in [0, 0.05) is 5.41 Å². The van der Waals surface area contributed by atoms with Crippen molar-refractivity contribution in [2.45, 2.75) is 110 Å². The fraction of sp³-hybridized carbons (Fsp3) is 0.952. The first-order valence-electron chi connectivity index (χ1n) is 10.0. The molecule has 3 aliphatic rings. The number of ether oxygens (including phenoxy) is 1. The fourth-order valence-corrected chi connectivity index (χ4v) is 7.38. The molecule has 5 atom stereocenters. The Bertz CT molecular complexity index is 578. The van der Waals surface area contributed by atoms with Crippen molar-refractivity contribution in [1.82, 2.24) is 0 Å². The number of hydrogen-bond donors (Lipinski definition) is 0. The van der Waals surface area contributed by atoms with Crippen LogP contribution < -0.4 is 0 Å². The Morgan fingerprint density at radius 2 is 1.68 bits per heavy atom. The Morgan fingerprint density at radius 1 is 1.08 bits per heavy atom. The van der Waals surface area contributed by atoms with Gasteiger partial charge in [-0.3, -0.25) is 4.79 Å². The van der Waals surface area contributed by atoms with Gasteiger partial charge in [-0.15, -0.1) is 0 Å². The van der Waals surface area contributed by atoms with Crippen molar-refractivity contribution in [1.29, 1.82) is 0 Å². The number of aldehydes is 1. The molecule has 144 valence electrons. The van der Waals surface area contributed by atoms with E-state index in [1.54, 1.807) is 0 Å². The highest BCUT2D eigenvalue weighted by Crippen LogP contribution is 2.72. The smallest absolute Gasteiger partial charge is 0.192 e. The van der Waals surface area contributed by atoms with Gasteiger partial charge in [-0.25, -0.2) is 0 Å². The molecule has 0 unspecified atom stereocenters. The SMILES string of the molecule is CC1(C)[C@@H](O[Si](C)(C)C(C)(C)C)CC[C@@]2(C)[C@H]1CC[C@@]1(C)O[C@]12C=O. The van der Waals surface area contributed by atoms with Crippen LogP contribution in [0.2, 0.25) is 18.1 Å². The van der Waals surface area contributed by atoms with Gasteiger partial charge >= 0.3 is 0 Å². The number of fused-ring (bicyclic) bond motifs is 3. The van der Waals surface area contributed by atoms with Crippen LogP contribution in [0.1, 0.15) is 74.1 Å². The first-order valence-corrected chi connectivity index (χ1v) is 12.9. The Labute approximate surface area is 155 Å². The van der Waals surface area contributed by atoms with Crippen LogP contribution in [-0.4, -0.2) is 31.9 Å². The molecule has 3 nitrogen and oxygen atoms in total. The largest absolute Gasteiger partial charge is 0.413 e. The van der Waals surface area contributed by atoms with Crippen molar-refractivity contribution in [2.24, 2.45) is 16.7 Å². The summed E-state index contributed by atoms with van der Waals surface area (Å²) in [6, 6.07) is 0. The van der Waals surface area contributed by atoms with Crippen molar-refractivity contribution in [3.05, 3.63) is 0 Å². The lowest BCUT2D eigenvalue weighted by Gasteiger charge is -2.59. The lowest BCUT2D eigenvalue weighted by Crippen LogP contribution is -2.62. The van der Waals surface area contributed by atoms with E-state index in [2.05, 4.69) is 61.6 Å². The van der Waals surface area contributed by atoms with Crippen LogP contribution in [-0.2, 0) is 14.0 Å². The first-order chi connectivity index (χ1) is 11.2. The minimum absolute atomic E-state index is 0.0613. The molecule has 0 aromatic rings. The molecule has 0 aromatic heterocycles. The highest BCUT2D eigenvalue weighted by molar-refractivity contribution is 6.74. The molecular formula is C21H38O3Si. The molecule has 0 amide bonds. The van der Waals surface area contributed by atoms with Crippen LogP contribution in [0.15, 0.2) is 0 Å². The highest BCUT2D eigenvalue weighted by Gasteiger charge is 2.80. The minimum Gasteiger partial charge on any atom is -0.413 e. The number of epoxide rings is 1. The predicted octanol–water partition coefficient (Wildman–Crippen LogP) is 5.34. The lowest BCUT2D eigenvalue weighted by atomic mass is 9.46. The van der Waals surface area contributed by atoms with Crippen LogP contribution in [0.5, 0.6) is 0 Å². The maximum absolute atomic E-state index is 12.1. The summed E-state index contributed by atoms with van der Waals surface area (Å²) in [6.45, 7) is 20.8. The topological polar surface area (TPSA) is 38.8 Å². The summed E-state index contributed by atoms with van der Waals surface area (Å²) in [6.07, 6.45) is 5.58. The van der Waals surface area contributed by atoms with E-state index in [1.165, 1.54) is 0 Å². The summed E-state index contributed by atoms with van der Waals surface area (Å²) in [5.74, 6) is 0.462. The molecule has 0 bridgehead atoms. The molecule has 0 aromatic carbocycles. The van der Waals surface area contributed by atoms with Crippen LogP contribution >= 0.6 is 0 Å². The molecule has 4 heteroatoms. The van der Waals surface area contributed by atoms with E-state index in [1.807, 2.05) is 0 Å². The van der Waals surface area contributed by atoms with E-state index in [0.29, 0.717) is 5.92 Å². The van der Waals surface area contributed by atoms with Crippen molar-refractivity contribution in [3.63, 3.8) is 0 Å². The van der Waals surface area contributed by atoms with Gasteiger partial charge < -0.3 is 9.16 Å². The van der Waals surface area contributed by atoms with Gasteiger partial charge in [-0.2, -0.15) is 0 Å². The average Bonchev–Trinajstić information content (AvgIpc) is 3.09. The summed E-state index contributed by atoms with van der Waals surface area (Å²) >= 11 is 0. The maximum atomic E-state index is 12.1. The van der Waals surface area contributed by atoms with E-state index < -0.39 is 13.9 Å². The second-order valence-corrected chi connectivity index (χ2v) is 16.2. The van der Waals surface area contributed by atoms with Crippen molar-refractivity contribution in [3.8, 4) is 0 Å². The van der Waals surface area contributed by atoms with E-state index in [9.17, 15) is 4.79 Å². The van der Waals surface area contributed by atoms with Crippen molar-refractivity contribution in [2.75, 3.05) is 0 Å². The zero-order valence-electron chi connectivity index (χ0n) is 17.8. The van der Waals surface area contributed by atoms with Gasteiger partial charge in [0.15, 0.2) is 20.2 Å². The fourth-order valence-electron chi connectivity index (χ4n) is 5.89. The van der Waals surface area contributed by atoms with Crippen molar-refractivity contribution < 1.29 is 14.0 Å². The maximum Gasteiger partial charge on any atom is 0.192 e. The number of hydrogen-bond acceptors (Lipinski definition) is 3. The van der Waals surface area contributed by atoms with Gasteiger partial charge in [0.1, 0.15) is 5.60 Å². The summed E-state index contributed by atoms with van der Waals surface area (Å²) in [4.78, 5) is 12.1. The van der Waals surface area contributed by atoms with Crippen LogP contribution in [0.25, 0.3) is 0 Å². The van der Waals surface area contributed by atoms with Crippen LogP contribution in [0.4, 0.5) is 0 Å². The molecule has 3 fully saturated rings. The van der Waals surface area contributed by atoms with Gasteiger partial charge in [0.2, 0.25) is 0 Å². The van der Waals surface area contributed by atoms with Gasteiger partial charge in [0.05, 0.1) is 6.10 Å². The molecule has 3 rings (SSSR count). The lowest BCUT2D eigenvalue weighted by molar-refractivity contribution is -0.142. The normalized spacial score (nSPS) is 46.1. The number of carbonyl (C=O) groups excluding carboxylic acids is 1. The second kappa shape index (κ2) is 5.20. The molecule has 1 saturated heterocycles. The molecule has 1 heterocycles.